The maximum Gasteiger partial charge on any atom is 0.173 e. The molecule has 1 aliphatic rings. The molecule has 0 saturated carbocycles. The first kappa shape index (κ1) is 22.4. The fourth-order valence-corrected chi connectivity index (χ4v) is 5.83. The van der Waals surface area contributed by atoms with Gasteiger partial charge < -0.3 is 10.3 Å². The van der Waals surface area contributed by atoms with Crippen LogP contribution in [0.1, 0.15) is 22.5 Å². The number of pyridine rings is 1. The maximum absolute atomic E-state index is 6.09. The molecule has 1 aromatic carbocycles. The van der Waals surface area contributed by atoms with E-state index in [-0.39, 0.29) is 0 Å². The number of nitrogens with one attached hydrogen (secondary N) is 2. The first-order valence-electron chi connectivity index (χ1n) is 11.7. The Morgan fingerprint density at radius 1 is 1.09 bits per heavy atom. The van der Waals surface area contributed by atoms with Crippen LogP contribution in [0.25, 0.3) is 26.8 Å². The van der Waals surface area contributed by atoms with Crippen LogP contribution < -0.4 is 5.32 Å². The molecule has 1 fully saturated rings. The standard InChI is InChI=1S/C25H25ClN8S/c1-16-22(21-13-18(6-9-34(21)32-16)14-33-10-7-27-8-11-33)25-30-20(12-17-2-4-19(26)5-3-17)23(35-25)24-28-15-29-31-24/h2-6,9,13,15,27H,7-8,10-12,14H2,1H3,(H,28,29,31). The lowest BCUT2D eigenvalue weighted by Crippen LogP contribution is -2.42. The van der Waals surface area contributed by atoms with E-state index in [0.717, 1.165) is 81.5 Å². The van der Waals surface area contributed by atoms with Gasteiger partial charge in [0.25, 0.3) is 0 Å². The smallest absolute Gasteiger partial charge is 0.173 e. The highest BCUT2D eigenvalue weighted by Gasteiger charge is 2.22. The molecular formula is C25H25ClN8S. The Morgan fingerprint density at radius 3 is 2.69 bits per heavy atom. The highest BCUT2D eigenvalue weighted by molar-refractivity contribution is 7.18. The number of piperazine rings is 1. The van der Waals surface area contributed by atoms with Crippen molar-refractivity contribution in [2.75, 3.05) is 26.2 Å². The number of thiazole rings is 1. The number of H-pyrrole nitrogens is 1. The van der Waals surface area contributed by atoms with Gasteiger partial charge in [-0.25, -0.2) is 9.50 Å². The summed E-state index contributed by atoms with van der Waals surface area (Å²) in [7, 11) is 0. The van der Waals surface area contributed by atoms with Crippen molar-refractivity contribution in [3.8, 4) is 21.3 Å². The zero-order valence-electron chi connectivity index (χ0n) is 19.3. The molecule has 4 aromatic heterocycles. The summed E-state index contributed by atoms with van der Waals surface area (Å²) in [5, 5.41) is 18.1. The number of fused-ring (bicyclic) bond motifs is 1. The van der Waals surface area contributed by atoms with Gasteiger partial charge in [0.1, 0.15) is 11.3 Å². The van der Waals surface area contributed by atoms with E-state index < -0.39 is 0 Å². The van der Waals surface area contributed by atoms with Crippen molar-refractivity contribution < 1.29 is 0 Å². The van der Waals surface area contributed by atoms with Gasteiger partial charge in [-0.2, -0.15) is 5.10 Å². The van der Waals surface area contributed by atoms with Gasteiger partial charge in [-0.05, 0) is 42.3 Å². The van der Waals surface area contributed by atoms with Gasteiger partial charge in [0, 0.05) is 50.4 Å². The first-order valence-corrected chi connectivity index (χ1v) is 12.9. The number of aromatic amines is 1. The average Bonchev–Trinajstić information content (AvgIpc) is 3.59. The minimum Gasteiger partial charge on any atom is -0.327 e. The molecule has 35 heavy (non-hydrogen) atoms. The van der Waals surface area contributed by atoms with E-state index in [0.29, 0.717) is 6.42 Å². The summed E-state index contributed by atoms with van der Waals surface area (Å²) in [5.74, 6) is 0.728. The van der Waals surface area contributed by atoms with Gasteiger partial charge >= 0.3 is 0 Å². The Labute approximate surface area is 212 Å². The molecule has 6 rings (SSSR count). The predicted molar refractivity (Wildman–Crippen MR) is 139 cm³/mol. The zero-order chi connectivity index (χ0) is 23.8. The predicted octanol–water partition coefficient (Wildman–Crippen LogP) is 4.20. The molecule has 1 aliphatic heterocycles. The molecule has 2 N–H and O–H groups in total. The van der Waals surface area contributed by atoms with Gasteiger partial charge in [0.05, 0.1) is 27.3 Å². The number of nitrogens with zero attached hydrogens (tertiary/aromatic N) is 6. The van der Waals surface area contributed by atoms with E-state index in [1.54, 1.807) is 17.7 Å². The number of aryl methyl sites for hydroxylation is 1. The molecule has 0 radical (unpaired) electrons. The highest BCUT2D eigenvalue weighted by atomic mass is 35.5. The zero-order valence-corrected chi connectivity index (χ0v) is 20.9. The first-order chi connectivity index (χ1) is 17.1. The normalized spacial score (nSPS) is 14.7. The fourth-order valence-electron chi connectivity index (χ4n) is 4.57. The van der Waals surface area contributed by atoms with E-state index >= 15 is 0 Å². The summed E-state index contributed by atoms with van der Waals surface area (Å²) in [6.07, 6.45) is 4.34. The lowest BCUT2D eigenvalue weighted by atomic mass is 10.1. The number of aromatic nitrogens is 6. The quantitative estimate of drug-likeness (QED) is 0.360. The van der Waals surface area contributed by atoms with Crippen molar-refractivity contribution in [1.82, 2.24) is 40.0 Å². The Bertz CT molecular complexity index is 1450. The number of hydrogen-bond acceptors (Lipinski definition) is 7. The molecule has 0 unspecified atom stereocenters. The van der Waals surface area contributed by atoms with E-state index in [2.05, 4.69) is 43.7 Å². The second-order valence-electron chi connectivity index (χ2n) is 8.79. The summed E-state index contributed by atoms with van der Waals surface area (Å²) in [4.78, 5) is 11.7. The third-order valence-electron chi connectivity index (χ3n) is 6.32. The largest absolute Gasteiger partial charge is 0.327 e. The minimum absolute atomic E-state index is 0.677. The van der Waals surface area contributed by atoms with Crippen LogP contribution in [0.2, 0.25) is 5.02 Å². The molecule has 0 amide bonds. The van der Waals surface area contributed by atoms with Gasteiger partial charge in [0.15, 0.2) is 5.82 Å². The second kappa shape index (κ2) is 9.50. The molecule has 0 spiro atoms. The van der Waals surface area contributed by atoms with Gasteiger partial charge in [-0.15, -0.1) is 21.5 Å². The summed E-state index contributed by atoms with van der Waals surface area (Å²) in [6, 6.07) is 12.3. The van der Waals surface area contributed by atoms with Crippen molar-refractivity contribution in [3.63, 3.8) is 0 Å². The van der Waals surface area contributed by atoms with Crippen LogP contribution in [0.5, 0.6) is 0 Å². The van der Waals surface area contributed by atoms with Gasteiger partial charge in [0.2, 0.25) is 0 Å². The van der Waals surface area contributed by atoms with Crippen molar-refractivity contribution in [2.45, 2.75) is 19.9 Å². The Kier molecular flexibility index (Phi) is 6.07. The van der Waals surface area contributed by atoms with E-state index in [4.69, 9.17) is 21.7 Å². The SMILES string of the molecule is Cc1nn2ccc(CN3CCNCC3)cc2c1-c1nc(Cc2ccc(Cl)cc2)c(-c2nnc[nH]2)s1. The molecule has 10 heteroatoms. The fraction of sp³-hybridized carbons (Fsp3) is 0.280. The summed E-state index contributed by atoms with van der Waals surface area (Å²) >= 11 is 7.72. The Hall–Kier alpha value is -3.11. The van der Waals surface area contributed by atoms with Crippen molar-refractivity contribution in [3.05, 3.63) is 76.5 Å². The van der Waals surface area contributed by atoms with Crippen LogP contribution in [0.15, 0.2) is 48.9 Å². The van der Waals surface area contributed by atoms with Crippen LogP contribution in [0.3, 0.4) is 0 Å². The Morgan fingerprint density at radius 2 is 1.91 bits per heavy atom. The topological polar surface area (TPSA) is 87.0 Å². The lowest BCUT2D eigenvalue weighted by molar-refractivity contribution is 0.233. The molecule has 5 aromatic rings. The molecule has 0 atom stereocenters. The monoisotopic (exact) mass is 504 g/mol. The lowest BCUT2D eigenvalue weighted by Gasteiger charge is -2.27. The summed E-state index contributed by atoms with van der Waals surface area (Å²) < 4.78 is 1.96. The Balaban J connectivity index is 1.40. The number of benzene rings is 1. The van der Waals surface area contributed by atoms with Crippen molar-refractivity contribution in [1.29, 1.82) is 0 Å². The van der Waals surface area contributed by atoms with Crippen LogP contribution in [-0.2, 0) is 13.0 Å². The molecule has 5 heterocycles. The third kappa shape index (κ3) is 4.60. The molecule has 0 aliphatic carbocycles. The summed E-state index contributed by atoms with van der Waals surface area (Å²) in [6.45, 7) is 7.20. The van der Waals surface area contributed by atoms with Crippen LogP contribution in [0.4, 0.5) is 0 Å². The molecule has 1 saturated heterocycles. The number of rotatable bonds is 6. The van der Waals surface area contributed by atoms with Gasteiger partial charge in [-0.1, -0.05) is 23.7 Å². The average molecular weight is 505 g/mol. The van der Waals surface area contributed by atoms with Gasteiger partial charge in [-0.3, -0.25) is 4.90 Å². The van der Waals surface area contributed by atoms with E-state index in [1.807, 2.05) is 35.7 Å². The maximum atomic E-state index is 6.09. The van der Waals surface area contributed by atoms with Crippen molar-refractivity contribution in [2.24, 2.45) is 0 Å². The second-order valence-corrected chi connectivity index (χ2v) is 10.2. The third-order valence-corrected chi connectivity index (χ3v) is 7.69. The molecule has 8 nitrogen and oxygen atoms in total. The molecule has 0 bridgehead atoms. The molecule has 178 valence electrons. The van der Waals surface area contributed by atoms with Crippen LogP contribution in [-0.4, -0.2) is 60.9 Å². The summed E-state index contributed by atoms with van der Waals surface area (Å²) in [5.41, 5.74) is 6.49. The van der Waals surface area contributed by atoms with Crippen LogP contribution in [0, 0.1) is 6.92 Å². The van der Waals surface area contributed by atoms with E-state index in [9.17, 15) is 0 Å². The number of halogens is 1. The van der Waals surface area contributed by atoms with Crippen molar-refractivity contribution >= 4 is 28.5 Å². The number of hydrogen-bond donors (Lipinski definition) is 2. The minimum atomic E-state index is 0.677. The molecular weight excluding hydrogens is 480 g/mol. The van der Waals surface area contributed by atoms with Crippen LogP contribution >= 0.6 is 22.9 Å². The highest BCUT2D eigenvalue weighted by Crippen LogP contribution is 2.38. The van der Waals surface area contributed by atoms with E-state index in [1.165, 1.54) is 5.56 Å².